The van der Waals surface area contributed by atoms with Crippen molar-refractivity contribution in [2.75, 3.05) is 26.3 Å². The van der Waals surface area contributed by atoms with Crippen LogP contribution < -0.4 is 24.6 Å². The second-order valence-corrected chi connectivity index (χ2v) is 7.30. The van der Waals surface area contributed by atoms with Crippen molar-refractivity contribution in [3.63, 3.8) is 0 Å². The Morgan fingerprint density at radius 2 is 1.69 bits per heavy atom. The molecule has 0 bridgehead atoms. The highest BCUT2D eigenvalue weighted by molar-refractivity contribution is 6.01. The second-order valence-electron chi connectivity index (χ2n) is 7.30. The predicted octanol–water partition coefficient (Wildman–Crippen LogP) is 2.28. The van der Waals surface area contributed by atoms with Crippen molar-refractivity contribution in [3.05, 3.63) is 47.9 Å². The number of benzene rings is 2. The summed E-state index contributed by atoms with van der Waals surface area (Å²) in [6.45, 7) is -0.251. The van der Waals surface area contributed by atoms with Gasteiger partial charge in [-0.3, -0.25) is 15.0 Å². The molecule has 2 aromatic carbocycles. The number of amides is 2. The van der Waals surface area contributed by atoms with Gasteiger partial charge in [-0.25, -0.2) is 9.80 Å². The summed E-state index contributed by atoms with van der Waals surface area (Å²) in [6.07, 6.45) is 0.272. The first-order valence-corrected chi connectivity index (χ1v) is 10.5. The van der Waals surface area contributed by atoms with E-state index in [1.807, 2.05) is 0 Å². The third-order valence-corrected chi connectivity index (χ3v) is 5.12. The number of hydrogen-bond donors (Lipinski definition) is 1. The SMILES string of the molecule is COc1cc(-c2nnc(COC(=O)c3ccc(N4NC(=O)CCC4=O)cc3)o2)cc(OC)c1OC. The molecule has 182 valence electrons. The quantitative estimate of drug-likeness (QED) is 0.475. The largest absolute Gasteiger partial charge is 0.493 e. The van der Waals surface area contributed by atoms with Crippen LogP contribution in [0.5, 0.6) is 17.2 Å². The van der Waals surface area contributed by atoms with Crippen molar-refractivity contribution in [1.82, 2.24) is 15.6 Å². The molecule has 0 aliphatic carbocycles. The highest BCUT2D eigenvalue weighted by Gasteiger charge is 2.24. The monoisotopic (exact) mass is 482 g/mol. The van der Waals surface area contributed by atoms with Gasteiger partial charge in [-0.1, -0.05) is 0 Å². The van der Waals surface area contributed by atoms with E-state index < -0.39 is 5.97 Å². The number of carbonyl (C=O) groups is 3. The van der Waals surface area contributed by atoms with E-state index in [-0.39, 0.29) is 48.6 Å². The number of hydrazine groups is 1. The van der Waals surface area contributed by atoms with Gasteiger partial charge in [-0.15, -0.1) is 10.2 Å². The molecule has 2 amide bonds. The Labute approximate surface area is 199 Å². The van der Waals surface area contributed by atoms with Crippen molar-refractivity contribution < 1.29 is 37.7 Å². The van der Waals surface area contributed by atoms with Crippen LogP contribution in [0.25, 0.3) is 11.5 Å². The number of aromatic nitrogens is 2. The summed E-state index contributed by atoms with van der Waals surface area (Å²) >= 11 is 0. The molecule has 12 heteroatoms. The van der Waals surface area contributed by atoms with Gasteiger partial charge in [-0.05, 0) is 36.4 Å². The lowest BCUT2D eigenvalue weighted by Gasteiger charge is -2.27. The lowest BCUT2D eigenvalue weighted by Crippen LogP contribution is -2.50. The molecule has 0 atom stereocenters. The van der Waals surface area contributed by atoms with Gasteiger partial charge in [0.15, 0.2) is 18.1 Å². The molecule has 12 nitrogen and oxygen atoms in total. The number of nitrogens with one attached hydrogen (secondary N) is 1. The molecule has 35 heavy (non-hydrogen) atoms. The Morgan fingerprint density at radius 1 is 1.00 bits per heavy atom. The minimum Gasteiger partial charge on any atom is -0.493 e. The van der Waals surface area contributed by atoms with Gasteiger partial charge < -0.3 is 23.4 Å². The van der Waals surface area contributed by atoms with Crippen LogP contribution in [0.1, 0.15) is 29.1 Å². The highest BCUT2D eigenvalue weighted by atomic mass is 16.5. The van der Waals surface area contributed by atoms with E-state index in [4.69, 9.17) is 23.4 Å². The summed E-state index contributed by atoms with van der Waals surface area (Å²) in [5.74, 6) is 0.402. The third kappa shape index (κ3) is 5.00. The molecular formula is C23H22N4O8. The van der Waals surface area contributed by atoms with E-state index in [0.717, 1.165) is 5.01 Å². The Kier molecular flexibility index (Phi) is 6.81. The molecule has 0 saturated carbocycles. The first kappa shape index (κ1) is 23.5. The average molecular weight is 482 g/mol. The van der Waals surface area contributed by atoms with Crippen molar-refractivity contribution in [2.24, 2.45) is 0 Å². The van der Waals surface area contributed by atoms with E-state index in [9.17, 15) is 14.4 Å². The maximum Gasteiger partial charge on any atom is 0.338 e. The Balaban J connectivity index is 1.41. The molecule has 1 aliphatic heterocycles. The highest BCUT2D eigenvalue weighted by Crippen LogP contribution is 2.40. The number of esters is 1. The maximum absolute atomic E-state index is 12.4. The third-order valence-electron chi connectivity index (χ3n) is 5.12. The normalized spacial score (nSPS) is 13.3. The minimum atomic E-state index is -0.627. The van der Waals surface area contributed by atoms with E-state index in [2.05, 4.69) is 15.6 Å². The molecule has 1 N–H and O–H groups in total. The number of methoxy groups -OCH3 is 3. The standard InChI is InChI=1S/C23H22N4O8/c1-31-16-10-14(11-17(32-2)21(16)33-3)22-25-24-19(35-22)12-34-23(30)13-4-6-15(7-5-13)27-20(29)9-8-18(28)26-27/h4-7,10-11H,8-9,12H2,1-3H3,(H,26,28). The van der Waals surface area contributed by atoms with Crippen LogP contribution in [0.15, 0.2) is 40.8 Å². The summed E-state index contributed by atoms with van der Waals surface area (Å²) < 4.78 is 26.8. The fourth-order valence-electron chi connectivity index (χ4n) is 3.37. The van der Waals surface area contributed by atoms with Crippen LogP contribution in [-0.4, -0.2) is 49.3 Å². The number of rotatable bonds is 8. The number of anilines is 1. The van der Waals surface area contributed by atoms with Crippen molar-refractivity contribution in [3.8, 4) is 28.7 Å². The number of hydrogen-bond acceptors (Lipinski definition) is 10. The van der Waals surface area contributed by atoms with Crippen LogP contribution in [0.2, 0.25) is 0 Å². The predicted molar refractivity (Wildman–Crippen MR) is 120 cm³/mol. The molecule has 1 aromatic heterocycles. The lowest BCUT2D eigenvalue weighted by molar-refractivity contribution is -0.130. The zero-order valence-electron chi connectivity index (χ0n) is 19.2. The van der Waals surface area contributed by atoms with Crippen molar-refractivity contribution in [1.29, 1.82) is 0 Å². The molecule has 1 saturated heterocycles. The van der Waals surface area contributed by atoms with Gasteiger partial charge >= 0.3 is 5.97 Å². The number of ether oxygens (including phenoxy) is 4. The van der Waals surface area contributed by atoms with E-state index >= 15 is 0 Å². The molecule has 1 fully saturated rings. The van der Waals surface area contributed by atoms with E-state index in [0.29, 0.717) is 28.5 Å². The van der Waals surface area contributed by atoms with Gasteiger partial charge in [0.2, 0.25) is 23.5 Å². The second kappa shape index (κ2) is 10.1. The van der Waals surface area contributed by atoms with Crippen LogP contribution >= 0.6 is 0 Å². The van der Waals surface area contributed by atoms with Crippen molar-refractivity contribution in [2.45, 2.75) is 19.4 Å². The van der Waals surface area contributed by atoms with Crippen LogP contribution in [0.3, 0.4) is 0 Å². The zero-order chi connectivity index (χ0) is 24.9. The fourth-order valence-corrected chi connectivity index (χ4v) is 3.37. The Morgan fingerprint density at radius 3 is 2.31 bits per heavy atom. The molecular weight excluding hydrogens is 460 g/mol. The maximum atomic E-state index is 12.4. The minimum absolute atomic E-state index is 0.0837. The summed E-state index contributed by atoms with van der Waals surface area (Å²) in [5, 5.41) is 9.06. The van der Waals surface area contributed by atoms with Crippen LogP contribution in [0, 0.1) is 0 Å². The Hall–Kier alpha value is -4.61. The zero-order valence-corrected chi connectivity index (χ0v) is 19.2. The average Bonchev–Trinajstić information content (AvgIpc) is 3.37. The van der Waals surface area contributed by atoms with Gasteiger partial charge in [0.25, 0.3) is 5.89 Å². The fraction of sp³-hybridized carbons (Fsp3) is 0.261. The van der Waals surface area contributed by atoms with Crippen LogP contribution in [0.4, 0.5) is 5.69 Å². The molecule has 1 aliphatic rings. The van der Waals surface area contributed by atoms with Crippen LogP contribution in [-0.2, 0) is 20.9 Å². The molecule has 0 radical (unpaired) electrons. The summed E-state index contributed by atoms with van der Waals surface area (Å²) in [5.41, 5.74) is 3.70. The van der Waals surface area contributed by atoms with Gasteiger partial charge in [0.05, 0.1) is 32.6 Å². The van der Waals surface area contributed by atoms with E-state index in [1.165, 1.54) is 45.6 Å². The summed E-state index contributed by atoms with van der Waals surface area (Å²) in [4.78, 5) is 36.0. The topological polar surface area (TPSA) is 142 Å². The van der Waals surface area contributed by atoms with Gasteiger partial charge in [0, 0.05) is 18.4 Å². The molecule has 4 rings (SSSR count). The van der Waals surface area contributed by atoms with Gasteiger partial charge in [0.1, 0.15) is 0 Å². The lowest BCUT2D eigenvalue weighted by atomic mass is 10.2. The molecule has 0 unspecified atom stereocenters. The first-order chi connectivity index (χ1) is 16.9. The first-order valence-electron chi connectivity index (χ1n) is 10.5. The van der Waals surface area contributed by atoms with Crippen molar-refractivity contribution >= 4 is 23.5 Å². The molecule has 0 spiro atoms. The summed E-state index contributed by atoms with van der Waals surface area (Å²) in [7, 11) is 4.48. The molecule has 3 aromatic rings. The Bertz CT molecular complexity index is 1230. The number of nitrogens with zero attached hydrogens (tertiary/aromatic N) is 3. The summed E-state index contributed by atoms with van der Waals surface area (Å²) in [6, 6.07) is 9.36. The number of carbonyl (C=O) groups excluding carboxylic acids is 3. The smallest absolute Gasteiger partial charge is 0.338 e. The van der Waals surface area contributed by atoms with Gasteiger partial charge in [-0.2, -0.15) is 0 Å². The van der Waals surface area contributed by atoms with E-state index in [1.54, 1.807) is 12.1 Å². The molecule has 2 heterocycles.